The summed E-state index contributed by atoms with van der Waals surface area (Å²) in [7, 11) is 3.86. The fraction of sp³-hybridized carbons (Fsp3) is 0.545. The fourth-order valence-electron chi connectivity index (χ4n) is 1.87. The predicted molar refractivity (Wildman–Crippen MR) is 64.4 cm³/mol. The number of nitrogens with one attached hydrogen (secondary N) is 1. The first kappa shape index (κ1) is 11.8. The second-order valence-electron chi connectivity index (χ2n) is 3.95. The normalized spacial score (nSPS) is 12.9. The van der Waals surface area contributed by atoms with Crippen LogP contribution in [0, 0.1) is 0 Å². The van der Waals surface area contributed by atoms with E-state index in [0.717, 1.165) is 24.5 Å². The van der Waals surface area contributed by atoms with Crippen LogP contribution in [0.4, 0.5) is 0 Å². The van der Waals surface area contributed by atoms with Gasteiger partial charge in [0.25, 0.3) is 0 Å². The zero-order valence-electron chi connectivity index (χ0n) is 10.5. The second kappa shape index (κ2) is 5.09. The number of aryl methyl sites for hydroxylation is 2. The molecular formula is C11H18N6. The third kappa shape index (κ3) is 2.52. The Morgan fingerprint density at radius 2 is 2.29 bits per heavy atom. The van der Waals surface area contributed by atoms with Crippen LogP contribution in [0.1, 0.15) is 24.5 Å². The van der Waals surface area contributed by atoms with Crippen molar-refractivity contribution in [1.29, 1.82) is 0 Å². The van der Waals surface area contributed by atoms with Crippen molar-refractivity contribution in [2.75, 3.05) is 7.05 Å². The van der Waals surface area contributed by atoms with Gasteiger partial charge in [-0.1, -0.05) is 0 Å². The standard InChI is InChI=1S/C11H18N6/c1-4-17-11(13-8-14-17)7-10(12-2)9-5-6-16(3)15-9/h5-6,8,10,12H,4,7H2,1-3H3. The van der Waals surface area contributed by atoms with E-state index in [9.17, 15) is 0 Å². The van der Waals surface area contributed by atoms with Crippen LogP contribution in [-0.2, 0) is 20.0 Å². The summed E-state index contributed by atoms with van der Waals surface area (Å²) in [5, 5.41) is 11.9. The van der Waals surface area contributed by atoms with Gasteiger partial charge in [-0.3, -0.25) is 9.36 Å². The highest BCUT2D eigenvalue weighted by Gasteiger charge is 2.15. The molecule has 0 radical (unpaired) electrons. The number of nitrogens with zero attached hydrogens (tertiary/aromatic N) is 5. The molecule has 1 unspecified atom stereocenters. The lowest BCUT2D eigenvalue weighted by Gasteiger charge is -2.13. The minimum absolute atomic E-state index is 0.172. The molecule has 1 N–H and O–H groups in total. The lowest BCUT2D eigenvalue weighted by Crippen LogP contribution is -2.21. The quantitative estimate of drug-likeness (QED) is 0.820. The third-order valence-corrected chi connectivity index (χ3v) is 2.82. The van der Waals surface area contributed by atoms with E-state index in [4.69, 9.17) is 0 Å². The maximum Gasteiger partial charge on any atom is 0.138 e. The van der Waals surface area contributed by atoms with Crippen LogP contribution < -0.4 is 5.32 Å². The van der Waals surface area contributed by atoms with Gasteiger partial charge >= 0.3 is 0 Å². The molecule has 2 rings (SSSR count). The van der Waals surface area contributed by atoms with Gasteiger partial charge in [0.2, 0.25) is 0 Å². The number of aromatic nitrogens is 5. The van der Waals surface area contributed by atoms with Crippen LogP contribution in [0.25, 0.3) is 0 Å². The van der Waals surface area contributed by atoms with E-state index in [-0.39, 0.29) is 6.04 Å². The third-order valence-electron chi connectivity index (χ3n) is 2.82. The summed E-state index contributed by atoms with van der Waals surface area (Å²) in [6.45, 7) is 2.90. The summed E-state index contributed by atoms with van der Waals surface area (Å²) in [6.07, 6.45) is 4.34. The first-order chi connectivity index (χ1) is 8.24. The molecular weight excluding hydrogens is 216 g/mol. The van der Waals surface area contributed by atoms with Crippen molar-refractivity contribution >= 4 is 0 Å². The Balaban J connectivity index is 2.15. The first-order valence-corrected chi connectivity index (χ1v) is 5.78. The molecule has 2 aromatic heterocycles. The van der Waals surface area contributed by atoms with Crippen LogP contribution in [0.2, 0.25) is 0 Å². The van der Waals surface area contributed by atoms with Crippen molar-refractivity contribution < 1.29 is 0 Å². The molecule has 0 aliphatic rings. The van der Waals surface area contributed by atoms with Crippen LogP contribution in [0.3, 0.4) is 0 Å². The maximum absolute atomic E-state index is 4.41. The molecule has 6 heteroatoms. The molecule has 0 bridgehead atoms. The van der Waals surface area contributed by atoms with E-state index in [0.29, 0.717) is 0 Å². The molecule has 92 valence electrons. The minimum Gasteiger partial charge on any atom is -0.311 e. The molecule has 0 aromatic carbocycles. The smallest absolute Gasteiger partial charge is 0.138 e. The topological polar surface area (TPSA) is 60.6 Å². The molecule has 2 aromatic rings. The highest BCUT2D eigenvalue weighted by Crippen LogP contribution is 2.14. The van der Waals surface area contributed by atoms with Crippen molar-refractivity contribution in [3.8, 4) is 0 Å². The zero-order valence-corrected chi connectivity index (χ0v) is 10.5. The average molecular weight is 234 g/mol. The van der Waals surface area contributed by atoms with Crippen LogP contribution in [0.15, 0.2) is 18.6 Å². The van der Waals surface area contributed by atoms with Crippen molar-refractivity contribution in [2.24, 2.45) is 7.05 Å². The highest BCUT2D eigenvalue weighted by atomic mass is 15.3. The Labute approximate surface area is 101 Å². The summed E-state index contributed by atoms with van der Waals surface area (Å²) < 4.78 is 3.72. The van der Waals surface area contributed by atoms with E-state index in [2.05, 4.69) is 27.4 Å². The first-order valence-electron chi connectivity index (χ1n) is 5.78. The number of hydrogen-bond acceptors (Lipinski definition) is 4. The lowest BCUT2D eigenvalue weighted by atomic mass is 10.1. The average Bonchev–Trinajstić information content (AvgIpc) is 2.94. The largest absolute Gasteiger partial charge is 0.311 e. The monoisotopic (exact) mass is 234 g/mol. The molecule has 1 atom stereocenters. The molecule has 0 aliphatic heterocycles. The molecule has 17 heavy (non-hydrogen) atoms. The van der Waals surface area contributed by atoms with Gasteiger partial charge in [0.15, 0.2) is 0 Å². The van der Waals surface area contributed by atoms with E-state index < -0.39 is 0 Å². The van der Waals surface area contributed by atoms with Gasteiger partial charge in [-0.25, -0.2) is 4.98 Å². The van der Waals surface area contributed by atoms with Gasteiger partial charge in [0.1, 0.15) is 12.2 Å². The maximum atomic E-state index is 4.41. The molecule has 0 spiro atoms. The van der Waals surface area contributed by atoms with Gasteiger partial charge in [0, 0.05) is 26.2 Å². The lowest BCUT2D eigenvalue weighted by molar-refractivity contribution is 0.518. The van der Waals surface area contributed by atoms with E-state index in [1.54, 1.807) is 6.33 Å². The van der Waals surface area contributed by atoms with Crippen LogP contribution >= 0.6 is 0 Å². The number of hydrogen-bond donors (Lipinski definition) is 1. The minimum atomic E-state index is 0.172. The molecule has 0 amide bonds. The van der Waals surface area contributed by atoms with Gasteiger partial charge in [-0.2, -0.15) is 10.2 Å². The van der Waals surface area contributed by atoms with Gasteiger partial charge in [-0.15, -0.1) is 0 Å². The van der Waals surface area contributed by atoms with Crippen LogP contribution in [0.5, 0.6) is 0 Å². The Kier molecular flexibility index (Phi) is 3.53. The predicted octanol–water partition coefficient (Wildman–Crippen LogP) is 0.535. The molecule has 0 saturated heterocycles. The summed E-state index contributed by atoms with van der Waals surface area (Å²) >= 11 is 0. The van der Waals surface area contributed by atoms with Crippen molar-refractivity contribution in [2.45, 2.75) is 25.9 Å². The van der Waals surface area contributed by atoms with Crippen LogP contribution in [-0.4, -0.2) is 31.6 Å². The summed E-state index contributed by atoms with van der Waals surface area (Å²) in [5.41, 5.74) is 1.03. The summed E-state index contributed by atoms with van der Waals surface area (Å²) in [4.78, 5) is 4.28. The molecule has 0 fully saturated rings. The second-order valence-corrected chi connectivity index (χ2v) is 3.95. The van der Waals surface area contributed by atoms with Gasteiger partial charge in [0.05, 0.1) is 11.7 Å². The molecule has 0 aliphatic carbocycles. The van der Waals surface area contributed by atoms with Gasteiger partial charge < -0.3 is 5.32 Å². The molecule has 6 nitrogen and oxygen atoms in total. The van der Waals surface area contributed by atoms with E-state index >= 15 is 0 Å². The summed E-state index contributed by atoms with van der Waals surface area (Å²) in [6, 6.07) is 2.19. The van der Waals surface area contributed by atoms with Crippen molar-refractivity contribution in [1.82, 2.24) is 29.9 Å². The fourth-order valence-corrected chi connectivity index (χ4v) is 1.87. The SMILES string of the molecule is CCn1ncnc1CC(NC)c1ccn(C)n1. The van der Waals surface area contributed by atoms with E-state index in [1.165, 1.54) is 0 Å². The van der Waals surface area contributed by atoms with E-state index in [1.807, 2.05) is 35.7 Å². The zero-order chi connectivity index (χ0) is 12.3. The van der Waals surface area contributed by atoms with Crippen molar-refractivity contribution in [3.05, 3.63) is 30.1 Å². The number of rotatable bonds is 5. The molecule has 0 saturated carbocycles. The Hall–Kier alpha value is -1.69. The molecule has 2 heterocycles. The Bertz CT molecular complexity index is 472. The highest BCUT2D eigenvalue weighted by molar-refractivity contribution is 5.08. The van der Waals surface area contributed by atoms with Crippen molar-refractivity contribution in [3.63, 3.8) is 0 Å². The Morgan fingerprint density at radius 1 is 1.47 bits per heavy atom. The van der Waals surface area contributed by atoms with Gasteiger partial charge in [-0.05, 0) is 20.0 Å². The number of likely N-dealkylation sites (N-methyl/N-ethyl adjacent to an activating group) is 1. The summed E-state index contributed by atoms with van der Waals surface area (Å²) in [5.74, 6) is 0.984. The Morgan fingerprint density at radius 3 is 2.88 bits per heavy atom.